The van der Waals surface area contributed by atoms with Crippen molar-refractivity contribution >= 4 is 22.1 Å². The first-order valence-corrected chi connectivity index (χ1v) is 11.6. The Balaban J connectivity index is 1.41. The van der Waals surface area contributed by atoms with Crippen molar-refractivity contribution in [2.75, 3.05) is 13.1 Å². The molecule has 1 saturated heterocycles. The van der Waals surface area contributed by atoms with Crippen molar-refractivity contribution in [2.45, 2.75) is 17.7 Å². The van der Waals surface area contributed by atoms with Crippen LogP contribution in [0.3, 0.4) is 0 Å². The van der Waals surface area contributed by atoms with Gasteiger partial charge in [-0.25, -0.2) is 13.8 Å². The summed E-state index contributed by atoms with van der Waals surface area (Å²) in [4.78, 5) is 12.6. The van der Waals surface area contributed by atoms with Crippen molar-refractivity contribution in [1.82, 2.24) is 9.73 Å². The van der Waals surface area contributed by atoms with E-state index in [0.717, 1.165) is 29.5 Å². The molecule has 1 amide bonds. The van der Waals surface area contributed by atoms with E-state index < -0.39 is 15.9 Å². The summed E-state index contributed by atoms with van der Waals surface area (Å²) >= 11 is 0. The molecule has 1 aliphatic heterocycles. The largest absolute Gasteiger partial charge is 0.271 e. The van der Waals surface area contributed by atoms with Crippen molar-refractivity contribution in [3.63, 3.8) is 0 Å². The van der Waals surface area contributed by atoms with Crippen LogP contribution in [0.15, 0.2) is 88.9 Å². The van der Waals surface area contributed by atoms with Gasteiger partial charge in [-0.05, 0) is 47.7 Å². The molecule has 1 fully saturated rings. The van der Waals surface area contributed by atoms with Crippen LogP contribution in [0.25, 0.3) is 11.1 Å². The number of nitrogens with one attached hydrogen (secondary N) is 1. The highest BCUT2D eigenvalue weighted by Crippen LogP contribution is 2.22. The maximum atomic E-state index is 12.7. The highest BCUT2D eigenvalue weighted by molar-refractivity contribution is 7.89. The molecule has 3 aromatic rings. The summed E-state index contributed by atoms with van der Waals surface area (Å²) in [6, 6.07) is 23.9. The number of carbonyl (C=O) groups is 1. The van der Waals surface area contributed by atoms with Crippen LogP contribution in [0.5, 0.6) is 0 Å². The van der Waals surface area contributed by atoms with Crippen LogP contribution in [0, 0.1) is 0 Å². The molecular formula is C24H23N3O3S. The standard InChI is InChI=1S/C24H23N3O3S/c28-24(22-9-6-10-23(17-22)31(29,30)27-15-4-5-16-27)26-25-18-19-11-13-21(14-12-19)20-7-2-1-3-8-20/h1-3,6-14,17-18H,4-5,15-16H2,(H,26,28)/b25-18+. The molecular weight excluding hydrogens is 410 g/mol. The SMILES string of the molecule is O=C(N/N=C/c1ccc(-c2ccccc2)cc1)c1cccc(S(=O)(=O)N2CCCC2)c1. The van der Waals surface area contributed by atoms with Gasteiger partial charge in [0.1, 0.15) is 0 Å². The predicted molar refractivity (Wildman–Crippen MR) is 121 cm³/mol. The van der Waals surface area contributed by atoms with Crippen LogP contribution in [0.4, 0.5) is 0 Å². The lowest BCUT2D eigenvalue weighted by molar-refractivity contribution is 0.0955. The molecule has 158 valence electrons. The van der Waals surface area contributed by atoms with Gasteiger partial charge >= 0.3 is 0 Å². The summed E-state index contributed by atoms with van der Waals surface area (Å²) in [5.74, 6) is -0.462. The lowest BCUT2D eigenvalue weighted by Gasteiger charge is -2.15. The zero-order valence-electron chi connectivity index (χ0n) is 16.9. The molecule has 3 aromatic carbocycles. The maximum Gasteiger partial charge on any atom is 0.271 e. The molecule has 0 aromatic heterocycles. The molecule has 0 spiro atoms. The van der Waals surface area contributed by atoms with Crippen LogP contribution in [-0.4, -0.2) is 37.9 Å². The summed E-state index contributed by atoms with van der Waals surface area (Å²) in [5, 5.41) is 4.01. The zero-order valence-corrected chi connectivity index (χ0v) is 17.8. The fourth-order valence-corrected chi connectivity index (χ4v) is 5.06. The molecule has 0 saturated carbocycles. The Labute approximate surface area is 182 Å². The normalized spacial score (nSPS) is 14.7. The Hall–Kier alpha value is -3.29. The Morgan fingerprint density at radius 2 is 1.55 bits per heavy atom. The van der Waals surface area contributed by atoms with Crippen LogP contribution in [0.1, 0.15) is 28.8 Å². The average molecular weight is 434 g/mol. The van der Waals surface area contributed by atoms with E-state index in [2.05, 4.69) is 10.5 Å². The lowest BCUT2D eigenvalue weighted by Crippen LogP contribution is -2.28. The monoisotopic (exact) mass is 433 g/mol. The van der Waals surface area contributed by atoms with Crippen molar-refractivity contribution < 1.29 is 13.2 Å². The summed E-state index contributed by atoms with van der Waals surface area (Å²) < 4.78 is 26.9. The number of carbonyl (C=O) groups excluding carboxylic acids is 1. The Morgan fingerprint density at radius 3 is 2.26 bits per heavy atom. The van der Waals surface area contributed by atoms with E-state index in [4.69, 9.17) is 0 Å². The molecule has 0 aliphatic carbocycles. The van der Waals surface area contributed by atoms with E-state index in [1.165, 1.54) is 16.4 Å². The molecule has 31 heavy (non-hydrogen) atoms. The van der Waals surface area contributed by atoms with E-state index in [9.17, 15) is 13.2 Å². The minimum absolute atomic E-state index is 0.127. The number of amides is 1. The minimum atomic E-state index is -3.57. The average Bonchev–Trinajstić information content (AvgIpc) is 3.36. The van der Waals surface area contributed by atoms with Gasteiger partial charge in [0, 0.05) is 18.7 Å². The van der Waals surface area contributed by atoms with Crippen LogP contribution < -0.4 is 5.43 Å². The highest BCUT2D eigenvalue weighted by atomic mass is 32.2. The number of nitrogens with zero attached hydrogens (tertiary/aromatic N) is 2. The van der Waals surface area contributed by atoms with Crippen LogP contribution >= 0.6 is 0 Å². The molecule has 1 heterocycles. The van der Waals surface area contributed by atoms with Gasteiger partial charge in [-0.2, -0.15) is 9.41 Å². The summed E-state index contributed by atoms with van der Waals surface area (Å²) in [6.45, 7) is 1.04. The van der Waals surface area contributed by atoms with Gasteiger partial charge in [0.05, 0.1) is 11.1 Å². The van der Waals surface area contributed by atoms with Crippen LogP contribution in [0.2, 0.25) is 0 Å². The van der Waals surface area contributed by atoms with E-state index in [-0.39, 0.29) is 10.5 Å². The quantitative estimate of drug-likeness (QED) is 0.473. The molecule has 1 N–H and O–H groups in total. The third-order valence-corrected chi connectivity index (χ3v) is 7.09. The summed E-state index contributed by atoms with van der Waals surface area (Å²) in [7, 11) is -3.57. The summed E-state index contributed by atoms with van der Waals surface area (Å²) in [5.41, 5.74) is 5.77. The van der Waals surface area contributed by atoms with Crippen molar-refractivity contribution in [2.24, 2.45) is 5.10 Å². The van der Waals surface area contributed by atoms with Crippen molar-refractivity contribution in [3.05, 3.63) is 90.0 Å². The number of rotatable bonds is 6. The fourth-order valence-electron chi connectivity index (χ4n) is 3.50. The fraction of sp³-hybridized carbons (Fsp3) is 0.167. The third kappa shape index (κ3) is 4.90. The van der Waals surface area contributed by atoms with Gasteiger partial charge in [0.2, 0.25) is 10.0 Å². The molecule has 1 aliphatic rings. The maximum absolute atomic E-state index is 12.7. The Bertz CT molecular complexity index is 1180. The minimum Gasteiger partial charge on any atom is -0.267 e. The number of hydrazone groups is 1. The molecule has 0 radical (unpaired) electrons. The van der Waals surface area contributed by atoms with Gasteiger partial charge in [0.15, 0.2) is 0 Å². The van der Waals surface area contributed by atoms with Gasteiger partial charge in [-0.1, -0.05) is 60.7 Å². The van der Waals surface area contributed by atoms with Crippen LogP contribution in [-0.2, 0) is 10.0 Å². The Kier molecular flexibility index (Phi) is 6.25. The van der Waals surface area contributed by atoms with Crippen molar-refractivity contribution in [3.8, 4) is 11.1 Å². The number of hydrogen-bond donors (Lipinski definition) is 1. The molecule has 6 nitrogen and oxygen atoms in total. The predicted octanol–water partition coefficient (Wildman–Crippen LogP) is 3.90. The molecule has 0 unspecified atom stereocenters. The van der Waals surface area contributed by atoms with Gasteiger partial charge in [-0.15, -0.1) is 0 Å². The molecule has 7 heteroatoms. The number of benzene rings is 3. The topological polar surface area (TPSA) is 78.8 Å². The van der Waals surface area contributed by atoms with E-state index in [0.29, 0.717) is 13.1 Å². The van der Waals surface area contributed by atoms with E-state index in [1.807, 2.05) is 54.6 Å². The van der Waals surface area contributed by atoms with E-state index in [1.54, 1.807) is 18.3 Å². The first-order chi connectivity index (χ1) is 15.0. The summed E-state index contributed by atoms with van der Waals surface area (Å²) in [6.07, 6.45) is 3.28. The Morgan fingerprint density at radius 1 is 0.871 bits per heavy atom. The van der Waals surface area contributed by atoms with E-state index >= 15 is 0 Å². The number of sulfonamides is 1. The van der Waals surface area contributed by atoms with Gasteiger partial charge in [-0.3, -0.25) is 4.79 Å². The lowest BCUT2D eigenvalue weighted by atomic mass is 10.0. The molecule has 4 rings (SSSR count). The highest BCUT2D eigenvalue weighted by Gasteiger charge is 2.27. The first-order valence-electron chi connectivity index (χ1n) is 10.1. The van der Waals surface area contributed by atoms with Gasteiger partial charge < -0.3 is 0 Å². The molecule has 0 atom stereocenters. The van der Waals surface area contributed by atoms with Crippen molar-refractivity contribution in [1.29, 1.82) is 0 Å². The smallest absolute Gasteiger partial charge is 0.267 e. The zero-order chi connectivity index (χ0) is 21.7. The molecule has 0 bridgehead atoms. The van der Waals surface area contributed by atoms with Gasteiger partial charge in [0.25, 0.3) is 5.91 Å². The second-order valence-electron chi connectivity index (χ2n) is 7.33. The third-order valence-electron chi connectivity index (χ3n) is 5.20. The second kappa shape index (κ2) is 9.24. The first kappa shape index (κ1) is 21.0. The number of hydrogen-bond acceptors (Lipinski definition) is 4. The second-order valence-corrected chi connectivity index (χ2v) is 9.26.